The van der Waals surface area contributed by atoms with Gasteiger partial charge in [0.2, 0.25) is 11.8 Å². The van der Waals surface area contributed by atoms with Crippen LogP contribution in [0.2, 0.25) is 0 Å². The Hall–Kier alpha value is -2.66. The summed E-state index contributed by atoms with van der Waals surface area (Å²) in [6.07, 6.45) is 1.59. The second-order valence-corrected chi connectivity index (χ2v) is 5.87. The van der Waals surface area contributed by atoms with E-state index in [1.54, 1.807) is 0 Å². The smallest absolute Gasteiger partial charge is 0.247 e. The van der Waals surface area contributed by atoms with E-state index in [1.165, 1.54) is 0 Å². The van der Waals surface area contributed by atoms with Crippen LogP contribution in [0.3, 0.4) is 0 Å². The topological polar surface area (TPSA) is 70.2 Å². The Morgan fingerprint density at radius 3 is 2.24 bits per heavy atom. The number of benzene rings is 2. The molecule has 1 unspecified atom stereocenters. The molecule has 5 nitrogen and oxygen atoms in total. The molecule has 0 saturated heterocycles. The highest BCUT2D eigenvalue weighted by Gasteiger charge is 2.21. The van der Waals surface area contributed by atoms with E-state index in [0.717, 1.165) is 24.2 Å². The Morgan fingerprint density at radius 1 is 0.960 bits per heavy atom. The van der Waals surface area contributed by atoms with Gasteiger partial charge in [0.25, 0.3) is 0 Å². The van der Waals surface area contributed by atoms with E-state index in [4.69, 9.17) is 0 Å². The molecule has 2 amide bonds. The van der Waals surface area contributed by atoms with Crippen molar-refractivity contribution in [1.29, 1.82) is 0 Å². The zero-order valence-electron chi connectivity index (χ0n) is 14.5. The maximum atomic E-state index is 12.6. The average Bonchev–Trinajstić information content (AvgIpc) is 2.63. The monoisotopic (exact) mass is 339 g/mol. The highest BCUT2D eigenvalue weighted by Crippen LogP contribution is 2.09. The Labute approximate surface area is 148 Å². The molecule has 1 atom stereocenters. The third-order valence-corrected chi connectivity index (χ3v) is 3.81. The molecule has 2 aromatic carbocycles. The van der Waals surface area contributed by atoms with Gasteiger partial charge in [-0.2, -0.15) is 0 Å². The van der Waals surface area contributed by atoms with Gasteiger partial charge in [0.05, 0.1) is 0 Å². The Bertz CT molecular complexity index is 659. The second-order valence-electron chi connectivity index (χ2n) is 5.87. The molecule has 0 radical (unpaired) electrons. The summed E-state index contributed by atoms with van der Waals surface area (Å²) in [6, 6.07) is 18.3. The van der Waals surface area contributed by atoms with Gasteiger partial charge in [-0.05, 0) is 37.7 Å². The van der Waals surface area contributed by atoms with Crippen molar-refractivity contribution < 1.29 is 9.59 Å². The maximum absolute atomic E-state index is 12.6. The van der Waals surface area contributed by atoms with Crippen LogP contribution in [0.1, 0.15) is 18.4 Å². The van der Waals surface area contributed by atoms with Gasteiger partial charge in [-0.25, -0.2) is 0 Å². The second kappa shape index (κ2) is 10.3. The maximum Gasteiger partial charge on any atom is 0.247 e. The van der Waals surface area contributed by atoms with Crippen molar-refractivity contribution in [3.63, 3.8) is 0 Å². The van der Waals surface area contributed by atoms with Crippen molar-refractivity contribution in [2.75, 3.05) is 18.9 Å². The van der Waals surface area contributed by atoms with Crippen LogP contribution >= 0.6 is 0 Å². The van der Waals surface area contributed by atoms with E-state index in [1.807, 2.05) is 67.7 Å². The van der Waals surface area contributed by atoms with Crippen molar-refractivity contribution in [1.82, 2.24) is 10.6 Å². The molecule has 25 heavy (non-hydrogen) atoms. The minimum Gasteiger partial charge on any atom is -0.344 e. The fourth-order valence-corrected chi connectivity index (χ4v) is 2.50. The quantitative estimate of drug-likeness (QED) is 0.614. The van der Waals surface area contributed by atoms with E-state index in [0.29, 0.717) is 12.8 Å². The number of nitrogens with one attached hydrogen (secondary N) is 3. The minimum atomic E-state index is -0.607. The molecule has 2 rings (SSSR count). The third-order valence-electron chi connectivity index (χ3n) is 3.81. The van der Waals surface area contributed by atoms with Gasteiger partial charge in [-0.3, -0.25) is 9.59 Å². The van der Waals surface area contributed by atoms with Gasteiger partial charge in [0, 0.05) is 18.5 Å². The fraction of sp³-hybridized carbons (Fsp3) is 0.300. The van der Waals surface area contributed by atoms with Crippen molar-refractivity contribution in [2.45, 2.75) is 25.3 Å². The standard InChI is InChI=1S/C20H25N3O2/c1-21-14-8-13-19(24)23-18(15-16-9-4-2-5-10-16)20(25)22-17-11-6-3-7-12-17/h2-7,9-12,18,21H,8,13-15H2,1H3,(H,22,25)(H,23,24). The lowest BCUT2D eigenvalue weighted by molar-refractivity contribution is -0.126. The van der Waals surface area contributed by atoms with E-state index in [-0.39, 0.29) is 11.8 Å². The Kier molecular flexibility index (Phi) is 7.66. The molecule has 2 aromatic rings. The van der Waals surface area contributed by atoms with Gasteiger partial charge in [-0.1, -0.05) is 48.5 Å². The lowest BCUT2D eigenvalue weighted by Crippen LogP contribution is -2.45. The first-order chi connectivity index (χ1) is 12.2. The molecule has 0 aliphatic carbocycles. The summed E-state index contributed by atoms with van der Waals surface area (Å²) in [5.74, 6) is -0.323. The van der Waals surface area contributed by atoms with Crippen molar-refractivity contribution in [3.05, 3.63) is 66.2 Å². The lowest BCUT2D eigenvalue weighted by atomic mass is 10.0. The first-order valence-corrected chi connectivity index (χ1v) is 8.53. The minimum absolute atomic E-state index is 0.112. The predicted octanol–water partition coefficient (Wildman–Crippen LogP) is 2.35. The van der Waals surface area contributed by atoms with Crippen LogP contribution < -0.4 is 16.0 Å². The predicted molar refractivity (Wildman–Crippen MR) is 100 cm³/mol. The van der Waals surface area contributed by atoms with Gasteiger partial charge >= 0.3 is 0 Å². The number of carbonyl (C=O) groups excluding carboxylic acids is 2. The van der Waals surface area contributed by atoms with Gasteiger partial charge in [0.15, 0.2) is 0 Å². The number of hydrogen-bond acceptors (Lipinski definition) is 3. The fourth-order valence-electron chi connectivity index (χ4n) is 2.50. The number of anilines is 1. The summed E-state index contributed by atoms with van der Waals surface area (Å²) in [5, 5.41) is 8.75. The molecule has 132 valence electrons. The largest absolute Gasteiger partial charge is 0.344 e. The number of amides is 2. The molecule has 0 aromatic heterocycles. The highest BCUT2D eigenvalue weighted by molar-refractivity contribution is 5.97. The first-order valence-electron chi connectivity index (χ1n) is 8.53. The number of para-hydroxylation sites is 1. The molecule has 5 heteroatoms. The van der Waals surface area contributed by atoms with Crippen LogP contribution in [0.15, 0.2) is 60.7 Å². The number of hydrogen-bond donors (Lipinski definition) is 3. The molecule has 0 fully saturated rings. The third kappa shape index (κ3) is 6.77. The van der Waals surface area contributed by atoms with Crippen molar-refractivity contribution in [3.8, 4) is 0 Å². The van der Waals surface area contributed by atoms with Gasteiger partial charge in [0.1, 0.15) is 6.04 Å². The van der Waals surface area contributed by atoms with Crippen LogP contribution in [0.5, 0.6) is 0 Å². The number of carbonyl (C=O) groups is 2. The van der Waals surface area contributed by atoms with E-state index in [2.05, 4.69) is 16.0 Å². The van der Waals surface area contributed by atoms with Crippen molar-refractivity contribution >= 4 is 17.5 Å². The zero-order chi connectivity index (χ0) is 17.9. The normalized spacial score (nSPS) is 11.6. The van der Waals surface area contributed by atoms with Crippen LogP contribution in [-0.4, -0.2) is 31.4 Å². The molecule has 0 spiro atoms. The molecule has 3 N–H and O–H groups in total. The van der Waals surface area contributed by atoms with Crippen LogP contribution in [0.25, 0.3) is 0 Å². The van der Waals surface area contributed by atoms with E-state index >= 15 is 0 Å². The zero-order valence-corrected chi connectivity index (χ0v) is 14.5. The van der Waals surface area contributed by atoms with E-state index in [9.17, 15) is 9.59 Å². The van der Waals surface area contributed by atoms with Crippen LogP contribution in [0, 0.1) is 0 Å². The molecule has 0 heterocycles. The first kappa shape index (κ1) is 18.7. The molecule has 0 aliphatic rings. The van der Waals surface area contributed by atoms with Gasteiger partial charge in [-0.15, -0.1) is 0 Å². The molecular weight excluding hydrogens is 314 g/mol. The highest BCUT2D eigenvalue weighted by atomic mass is 16.2. The molecule has 0 saturated carbocycles. The van der Waals surface area contributed by atoms with Gasteiger partial charge < -0.3 is 16.0 Å². The SMILES string of the molecule is CNCCCC(=O)NC(Cc1ccccc1)C(=O)Nc1ccccc1. The summed E-state index contributed by atoms with van der Waals surface area (Å²) in [7, 11) is 1.85. The summed E-state index contributed by atoms with van der Waals surface area (Å²) in [4.78, 5) is 24.8. The molecular formula is C20H25N3O2. The Morgan fingerprint density at radius 2 is 1.60 bits per heavy atom. The van der Waals surface area contributed by atoms with Crippen LogP contribution in [-0.2, 0) is 16.0 Å². The summed E-state index contributed by atoms with van der Waals surface area (Å²) >= 11 is 0. The summed E-state index contributed by atoms with van der Waals surface area (Å²) in [5.41, 5.74) is 1.72. The molecule has 0 aliphatic heterocycles. The molecule has 0 bridgehead atoms. The summed E-state index contributed by atoms with van der Waals surface area (Å²) < 4.78 is 0. The van der Waals surface area contributed by atoms with Crippen LogP contribution in [0.4, 0.5) is 5.69 Å². The lowest BCUT2D eigenvalue weighted by Gasteiger charge is -2.19. The Balaban J connectivity index is 2.02. The van der Waals surface area contributed by atoms with Crippen molar-refractivity contribution in [2.24, 2.45) is 0 Å². The average molecular weight is 339 g/mol. The van der Waals surface area contributed by atoms with E-state index < -0.39 is 6.04 Å². The number of rotatable bonds is 9. The summed E-state index contributed by atoms with van der Waals surface area (Å²) in [6.45, 7) is 0.771.